The summed E-state index contributed by atoms with van der Waals surface area (Å²) in [6, 6.07) is 10.9. The SMILES string of the molecule is O=C(NCCc1ccc(CO)cc1)C1CC1c1cc(F)ccc1F. The van der Waals surface area contributed by atoms with E-state index in [0.29, 0.717) is 19.4 Å². The van der Waals surface area contributed by atoms with Gasteiger partial charge in [-0.3, -0.25) is 4.79 Å². The van der Waals surface area contributed by atoms with Gasteiger partial charge < -0.3 is 10.4 Å². The van der Waals surface area contributed by atoms with Crippen molar-refractivity contribution in [2.24, 2.45) is 5.92 Å². The molecule has 0 saturated heterocycles. The lowest BCUT2D eigenvalue weighted by Crippen LogP contribution is -2.27. The van der Waals surface area contributed by atoms with Crippen LogP contribution in [0, 0.1) is 17.6 Å². The second-order valence-corrected chi connectivity index (χ2v) is 6.13. The van der Waals surface area contributed by atoms with Crippen LogP contribution >= 0.6 is 0 Å². The molecule has 1 amide bonds. The topological polar surface area (TPSA) is 49.3 Å². The molecule has 0 heterocycles. The second kappa shape index (κ2) is 7.09. The number of aliphatic hydroxyl groups excluding tert-OH is 1. The Morgan fingerprint density at radius 2 is 1.83 bits per heavy atom. The molecule has 2 aromatic carbocycles. The zero-order valence-electron chi connectivity index (χ0n) is 13.1. The van der Waals surface area contributed by atoms with E-state index in [0.717, 1.165) is 23.3 Å². The van der Waals surface area contributed by atoms with Crippen molar-refractivity contribution >= 4 is 5.91 Å². The molecule has 3 rings (SSSR count). The maximum Gasteiger partial charge on any atom is 0.223 e. The quantitative estimate of drug-likeness (QED) is 0.855. The van der Waals surface area contributed by atoms with Gasteiger partial charge in [0, 0.05) is 12.5 Å². The molecule has 126 valence electrons. The number of hydrogen-bond acceptors (Lipinski definition) is 2. The van der Waals surface area contributed by atoms with E-state index in [2.05, 4.69) is 5.32 Å². The first-order chi connectivity index (χ1) is 11.6. The molecule has 1 fully saturated rings. The van der Waals surface area contributed by atoms with Gasteiger partial charge in [0.2, 0.25) is 5.91 Å². The minimum Gasteiger partial charge on any atom is -0.392 e. The Morgan fingerprint density at radius 1 is 1.12 bits per heavy atom. The average molecular weight is 331 g/mol. The van der Waals surface area contributed by atoms with Crippen molar-refractivity contribution in [2.75, 3.05) is 6.54 Å². The maximum atomic E-state index is 13.7. The van der Waals surface area contributed by atoms with Gasteiger partial charge in [-0.25, -0.2) is 8.78 Å². The fraction of sp³-hybridized carbons (Fsp3) is 0.316. The third-order valence-electron chi connectivity index (χ3n) is 4.40. The average Bonchev–Trinajstić information content (AvgIpc) is 3.38. The molecule has 1 aliphatic rings. The van der Waals surface area contributed by atoms with Crippen molar-refractivity contribution in [2.45, 2.75) is 25.4 Å². The summed E-state index contributed by atoms with van der Waals surface area (Å²) >= 11 is 0. The van der Waals surface area contributed by atoms with E-state index >= 15 is 0 Å². The van der Waals surface area contributed by atoms with Crippen LogP contribution in [0.3, 0.4) is 0 Å². The van der Waals surface area contributed by atoms with Crippen LogP contribution in [0.5, 0.6) is 0 Å². The number of carbonyl (C=O) groups excluding carboxylic acids is 1. The molecular weight excluding hydrogens is 312 g/mol. The lowest BCUT2D eigenvalue weighted by atomic mass is 10.1. The van der Waals surface area contributed by atoms with Crippen molar-refractivity contribution in [3.8, 4) is 0 Å². The third kappa shape index (κ3) is 3.79. The maximum absolute atomic E-state index is 13.7. The monoisotopic (exact) mass is 331 g/mol. The molecule has 2 N–H and O–H groups in total. The molecule has 5 heteroatoms. The molecule has 2 atom stereocenters. The summed E-state index contributed by atoms with van der Waals surface area (Å²) in [5.41, 5.74) is 2.20. The lowest BCUT2D eigenvalue weighted by molar-refractivity contribution is -0.122. The number of carbonyl (C=O) groups is 1. The van der Waals surface area contributed by atoms with Crippen molar-refractivity contribution in [3.05, 3.63) is 70.8 Å². The van der Waals surface area contributed by atoms with Crippen LogP contribution in [0.2, 0.25) is 0 Å². The molecule has 3 nitrogen and oxygen atoms in total. The zero-order chi connectivity index (χ0) is 17.1. The predicted octanol–water partition coefficient (Wildman–Crippen LogP) is 2.92. The summed E-state index contributed by atoms with van der Waals surface area (Å²) in [6.45, 7) is 0.503. The summed E-state index contributed by atoms with van der Waals surface area (Å²) in [7, 11) is 0. The van der Waals surface area contributed by atoms with Crippen molar-refractivity contribution < 1.29 is 18.7 Å². The minimum atomic E-state index is -0.483. The fourth-order valence-electron chi connectivity index (χ4n) is 2.90. The fourth-order valence-corrected chi connectivity index (χ4v) is 2.90. The Labute approximate surface area is 139 Å². The van der Waals surface area contributed by atoms with E-state index in [1.807, 2.05) is 24.3 Å². The Bertz CT molecular complexity index is 731. The van der Waals surface area contributed by atoms with Crippen LogP contribution in [-0.4, -0.2) is 17.6 Å². The normalized spacial score (nSPS) is 19.1. The van der Waals surface area contributed by atoms with Crippen molar-refractivity contribution in [1.29, 1.82) is 0 Å². The number of rotatable bonds is 6. The van der Waals surface area contributed by atoms with Gasteiger partial charge >= 0.3 is 0 Å². The van der Waals surface area contributed by atoms with Gasteiger partial charge in [0.25, 0.3) is 0 Å². The zero-order valence-corrected chi connectivity index (χ0v) is 13.1. The van der Waals surface area contributed by atoms with E-state index < -0.39 is 11.6 Å². The Kier molecular flexibility index (Phi) is 4.90. The van der Waals surface area contributed by atoms with Crippen LogP contribution in [0.25, 0.3) is 0 Å². The predicted molar refractivity (Wildman–Crippen MR) is 86.3 cm³/mol. The number of benzene rings is 2. The van der Waals surface area contributed by atoms with Crippen LogP contribution in [0.1, 0.15) is 29.0 Å². The highest BCUT2D eigenvalue weighted by atomic mass is 19.1. The molecule has 24 heavy (non-hydrogen) atoms. The van der Waals surface area contributed by atoms with Crippen LogP contribution in [0.4, 0.5) is 8.78 Å². The largest absolute Gasteiger partial charge is 0.392 e. The first-order valence-electron chi connectivity index (χ1n) is 8.00. The van der Waals surface area contributed by atoms with Gasteiger partial charge in [-0.2, -0.15) is 0 Å². The number of hydrogen-bond donors (Lipinski definition) is 2. The molecule has 1 saturated carbocycles. The number of halogens is 2. The summed E-state index contributed by atoms with van der Waals surface area (Å²) in [6.07, 6.45) is 1.24. The van der Waals surface area contributed by atoms with Gasteiger partial charge in [0.1, 0.15) is 11.6 Å². The van der Waals surface area contributed by atoms with E-state index in [-0.39, 0.29) is 29.9 Å². The molecule has 0 aromatic heterocycles. The van der Waals surface area contributed by atoms with Gasteiger partial charge in [-0.15, -0.1) is 0 Å². The highest BCUT2D eigenvalue weighted by Gasteiger charge is 2.45. The number of amides is 1. The molecule has 0 spiro atoms. The second-order valence-electron chi connectivity index (χ2n) is 6.13. The highest BCUT2D eigenvalue weighted by molar-refractivity contribution is 5.82. The summed E-state index contributed by atoms with van der Waals surface area (Å²) in [5.74, 6) is -1.57. The van der Waals surface area contributed by atoms with E-state index in [1.165, 1.54) is 6.07 Å². The van der Waals surface area contributed by atoms with E-state index in [4.69, 9.17) is 5.11 Å². The smallest absolute Gasteiger partial charge is 0.223 e. The Hall–Kier alpha value is -2.27. The first-order valence-corrected chi connectivity index (χ1v) is 8.00. The third-order valence-corrected chi connectivity index (χ3v) is 4.40. The van der Waals surface area contributed by atoms with Crippen molar-refractivity contribution in [3.63, 3.8) is 0 Å². The Morgan fingerprint density at radius 3 is 2.54 bits per heavy atom. The molecule has 1 aliphatic carbocycles. The molecule has 0 bridgehead atoms. The number of aliphatic hydroxyl groups is 1. The minimum absolute atomic E-state index is 0.0106. The summed E-state index contributed by atoms with van der Waals surface area (Å²) < 4.78 is 26.9. The molecule has 2 unspecified atom stereocenters. The van der Waals surface area contributed by atoms with Crippen molar-refractivity contribution in [1.82, 2.24) is 5.32 Å². The molecular formula is C19H19F2NO2. The summed E-state index contributed by atoms with van der Waals surface area (Å²) in [4.78, 5) is 12.1. The van der Waals surface area contributed by atoms with Gasteiger partial charge in [0.15, 0.2) is 0 Å². The molecule has 0 aliphatic heterocycles. The first kappa shape index (κ1) is 16.6. The molecule has 0 radical (unpaired) electrons. The van der Waals surface area contributed by atoms with Gasteiger partial charge in [-0.1, -0.05) is 24.3 Å². The van der Waals surface area contributed by atoms with E-state index in [9.17, 15) is 13.6 Å². The van der Waals surface area contributed by atoms with Gasteiger partial charge in [0.05, 0.1) is 6.61 Å². The lowest BCUT2D eigenvalue weighted by Gasteiger charge is -2.06. The standard InChI is InChI=1S/C19H19F2NO2/c20-14-5-6-18(21)16(9-14)15-10-17(15)19(24)22-8-7-12-1-3-13(11-23)4-2-12/h1-6,9,15,17,23H,7-8,10-11H2,(H,22,24). The molecule has 2 aromatic rings. The Balaban J connectivity index is 1.49. The van der Waals surface area contributed by atoms with Gasteiger partial charge in [-0.05, 0) is 53.6 Å². The van der Waals surface area contributed by atoms with Crippen LogP contribution < -0.4 is 5.32 Å². The van der Waals surface area contributed by atoms with Crippen LogP contribution in [0.15, 0.2) is 42.5 Å². The van der Waals surface area contributed by atoms with E-state index in [1.54, 1.807) is 0 Å². The summed E-state index contributed by atoms with van der Waals surface area (Å²) in [5, 5.41) is 11.8. The number of nitrogens with one attached hydrogen (secondary N) is 1. The van der Waals surface area contributed by atoms with Crippen LogP contribution in [-0.2, 0) is 17.8 Å². The highest BCUT2D eigenvalue weighted by Crippen LogP contribution is 2.48.